The molecule has 1 aliphatic carbocycles. The second kappa shape index (κ2) is 5.00. The highest BCUT2D eigenvalue weighted by molar-refractivity contribution is 5.95. The lowest BCUT2D eigenvalue weighted by molar-refractivity contribution is -0.653. The minimum atomic E-state index is 1.20. The summed E-state index contributed by atoms with van der Waals surface area (Å²) in [4.78, 5) is 0. The van der Waals surface area contributed by atoms with E-state index in [1.165, 1.54) is 53.4 Å². The Bertz CT molecular complexity index is 803. The molecule has 1 nitrogen and oxygen atoms in total. The molecule has 0 aliphatic heterocycles. The van der Waals surface area contributed by atoms with E-state index in [4.69, 9.17) is 0 Å². The summed E-state index contributed by atoms with van der Waals surface area (Å²) in [5.41, 5.74) is 7.25. The number of nitrogens with zero attached hydrogens (tertiary/aromatic N) is 1. The lowest BCUT2D eigenvalue weighted by atomic mass is 9.86. The van der Waals surface area contributed by atoms with Gasteiger partial charge in [0, 0.05) is 23.6 Å². The third-order valence-corrected chi connectivity index (χ3v) is 4.74. The van der Waals surface area contributed by atoms with Gasteiger partial charge >= 0.3 is 0 Å². The van der Waals surface area contributed by atoms with Crippen molar-refractivity contribution in [3.8, 4) is 11.1 Å². The fourth-order valence-electron chi connectivity index (χ4n) is 3.75. The summed E-state index contributed by atoms with van der Waals surface area (Å²) >= 11 is 0. The molecule has 0 amide bonds. The van der Waals surface area contributed by atoms with Crippen molar-refractivity contribution in [1.29, 1.82) is 0 Å². The Kier molecular flexibility index (Phi) is 2.99. The zero-order chi connectivity index (χ0) is 14.2. The SMILES string of the molecule is C[n+]1c2c(c(-c3ccccc3)c3ccccc31)CCCC2. The van der Waals surface area contributed by atoms with Crippen LogP contribution >= 0.6 is 0 Å². The molecule has 0 saturated heterocycles. The summed E-state index contributed by atoms with van der Waals surface area (Å²) in [5.74, 6) is 0. The Morgan fingerprint density at radius 3 is 2.38 bits per heavy atom. The maximum absolute atomic E-state index is 2.41. The molecule has 2 aromatic carbocycles. The van der Waals surface area contributed by atoms with Crippen LogP contribution in [0.4, 0.5) is 0 Å². The molecule has 0 saturated carbocycles. The molecule has 1 aromatic heterocycles. The number of aryl methyl sites for hydroxylation is 1. The Labute approximate surface area is 125 Å². The van der Waals surface area contributed by atoms with Crippen molar-refractivity contribution in [3.05, 3.63) is 65.9 Å². The van der Waals surface area contributed by atoms with Crippen LogP contribution < -0.4 is 4.57 Å². The topological polar surface area (TPSA) is 3.88 Å². The number of benzene rings is 2. The monoisotopic (exact) mass is 274 g/mol. The van der Waals surface area contributed by atoms with Crippen molar-refractivity contribution in [2.24, 2.45) is 7.05 Å². The van der Waals surface area contributed by atoms with Gasteiger partial charge in [0.2, 0.25) is 5.52 Å². The average molecular weight is 274 g/mol. The summed E-state index contributed by atoms with van der Waals surface area (Å²) in [7, 11) is 2.22. The summed E-state index contributed by atoms with van der Waals surface area (Å²) in [5, 5.41) is 1.38. The Hall–Kier alpha value is -2.15. The fourth-order valence-corrected chi connectivity index (χ4v) is 3.75. The number of hydrogen-bond acceptors (Lipinski definition) is 0. The highest BCUT2D eigenvalue weighted by Gasteiger charge is 2.26. The first-order chi connectivity index (χ1) is 10.4. The predicted octanol–water partition coefficient (Wildman–Crippen LogP) is 4.21. The van der Waals surface area contributed by atoms with E-state index < -0.39 is 0 Å². The van der Waals surface area contributed by atoms with Crippen LogP contribution in [0, 0.1) is 0 Å². The smallest absolute Gasteiger partial charge is 0.198 e. The van der Waals surface area contributed by atoms with Gasteiger partial charge in [0.1, 0.15) is 7.05 Å². The van der Waals surface area contributed by atoms with Gasteiger partial charge in [-0.3, -0.25) is 0 Å². The van der Waals surface area contributed by atoms with E-state index in [0.29, 0.717) is 0 Å². The molecule has 104 valence electrons. The number of aromatic nitrogens is 1. The molecule has 21 heavy (non-hydrogen) atoms. The minimum Gasteiger partial charge on any atom is -0.198 e. The lowest BCUT2D eigenvalue weighted by Crippen LogP contribution is -2.37. The Morgan fingerprint density at radius 1 is 0.810 bits per heavy atom. The van der Waals surface area contributed by atoms with Gasteiger partial charge in [0.25, 0.3) is 0 Å². The van der Waals surface area contributed by atoms with Crippen LogP contribution in [0.2, 0.25) is 0 Å². The molecule has 0 unspecified atom stereocenters. The molecule has 0 atom stereocenters. The van der Waals surface area contributed by atoms with Crippen molar-refractivity contribution in [2.75, 3.05) is 0 Å². The molecular weight excluding hydrogens is 254 g/mol. The molecule has 0 radical (unpaired) electrons. The minimum absolute atomic E-state index is 1.20. The molecule has 0 fully saturated rings. The van der Waals surface area contributed by atoms with Crippen LogP contribution in [0.15, 0.2) is 54.6 Å². The number of pyridine rings is 1. The normalized spacial score (nSPS) is 14.1. The highest BCUT2D eigenvalue weighted by atomic mass is 14.9. The largest absolute Gasteiger partial charge is 0.213 e. The van der Waals surface area contributed by atoms with Gasteiger partial charge in [-0.05, 0) is 30.9 Å². The summed E-state index contributed by atoms with van der Waals surface area (Å²) in [6.07, 6.45) is 5.04. The van der Waals surface area contributed by atoms with Crippen molar-refractivity contribution < 1.29 is 4.57 Å². The van der Waals surface area contributed by atoms with E-state index in [1.807, 2.05) is 0 Å². The first kappa shape index (κ1) is 12.6. The molecule has 0 spiro atoms. The maximum atomic E-state index is 2.41. The summed E-state index contributed by atoms with van der Waals surface area (Å²) in [6, 6.07) is 19.7. The summed E-state index contributed by atoms with van der Waals surface area (Å²) in [6.45, 7) is 0. The molecule has 1 heterocycles. The predicted molar refractivity (Wildman–Crippen MR) is 87.2 cm³/mol. The van der Waals surface area contributed by atoms with Gasteiger partial charge in [0.05, 0.1) is 5.39 Å². The van der Waals surface area contributed by atoms with Crippen LogP contribution in [-0.2, 0) is 19.9 Å². The zero-order valence-electron chi connectivity index (χ0n) is 12.5. The number of hydrogen-bond donors (Lipinski definition) is 0. The van der Waals surface area contributed by atoms with E-state index in [0.717, 1.165) is 0 Å². The van der Waals surface area contributed by atoms with Crippen molar-refractivity contribution >= 4 is 10.9 Å². The third-order valence-electron chi connectivity index (χ3n) is 4.74. The van der Waals surface area contributed by atoms with E-state index in [9.17, 15) is 0 Å². The second-order valence-electron chi connectivity index (χ2n) is 5.95. The average Bonchev–Trinajstić information content (AvgIpc) is 2.56. The van der Waals surface area contributed by atoms with Crippen LogP contribution in [0.3, 0.4) is 0 Å². The highest BCUT2D eigenvalue weighted by Crippen LogP contribution is 2.35. The van der Waals surface area contributed by atoms with E-state index in [-0.39, 0.29) is 0 Å². The van der Waals surface area contributed by atoms with Gasteiger partial charge < -0.3 is 0 Å². The molecule has 0 N–H and O–H groups in total. The van der Waals surface area contributed by atoms with Crippen molar-refractivity contribution in [3.63, 3.8) is 0 Å². The van der Waals surface area contributed by atoms with Gasteiger partial charge in [-0.2, -0.15) is 4.57 Å². The Balaban J connectivity index is 2.15. The lowest BCUT2D eigenvalue weighted by Gasteiger charge is -2.19. The molecule has 1 heteroatoms. The van der Waals surface area contributed by atoms with Gasteiger partial charge in [-0.1, -0.05) is 42.5 Å². The molecule has 4 rings (SSSR count). The number of para-hydroxylation sites is 1. The van der Waals surface area contributed by atoms with Crippen LogP contribution in [0.5, 0.6) is 0 Å². The van der Waals surface area contributed by atoms with Gasteiger partial charge in [-0.25, -0.2) is 0 Å². The second-order valence-corrected chi connectivity index (χ2v) is 5.95. The number of fused-ring (bicyclic) bond motifs is 2. The van der Waals surface area contributed by atoms with Crippen molar-refractivity contribution in [1.82, 2.24) is 0 Å². The van der Waals surface area contributed by atoms with Crippen molar-refractivity contribution in [2.45, 2.75) is 25.7 Å². The third kappa shape index (κ3) is 1.96. The van der Waals surface area contributed by atoms with Crippen LogP contribution in [0.25, 0.3) is 22.0 Å². The van der Waals surface area contributed by atoms with Gasteiger partial charge in [0.15, 0.2) is 5.69 Å². The Morgan fingerprint density at radius 2 is 1.52 bits per heavy atom. The first-order valence-corrected chi connectivity index (χ1v) is 7.84. The maximum Gasteiger partial charge on any atom is 0.213 e. The first-order valence-electron chi connectivity index (χ1n) is 7.84. The molecule has 1 aliphatic rings. The fraction of sp³-hybridized carbons (Fsp3) is 0.250. The quantitative estimate of drug-likeness (QED) is 0.585. The van der Waals surface area contributed by atoms with E-state index >= 15 is 0 Å². The number of rotatable bonds is 1. The summed E-state index contributed by atoms with van der Waals surface area (Å²) < 4.78 is 2.41. The van der Waals surface area contributed by atoms with E-state index in [2.05, 4.69) is 66.2 Å². The molecule has 0 bridgehead atoms. The standard InChI is InChI=1S/C20H20N/c1-21-18-13-7-5-11-16(18)20(15-9-3-2-4-10-15)17-12-6-8-14-19(17)21/h2-5,7,9-11,13H,6,8,12,14H2,1H3/q+1. The molecule has 3 aromatic rings. The molecular formula is C20H20N+. The zero-order valence-corrected chi connectivity index (χ0v) is 12.5. The van der Waals surface area contributed by atoms with Gasteiger partial charge in [-0.15, -0.1) is 0 Å². The van der Waals surface area contributed by atoms with E-state index in [1.54, 1.807) is 5.56 Å². The van der Waals surface area contributed by atoms with Crippen LogP contribution in [-0.4, -0.2) is 0 Å². The van der Waals surface area contributed by atoms with Crippen LogP contribution in [0.1, 0.15) is 24.1 Å².